The van der Waals surface area contributed by atoms with Gasteiger partial charge in [-0.3, -0.25) is 4.79 Å². The second-order valence-corrected chi connectivity index (χ2v) is 6.89. The molecule has 4 nitrogen and oxygen atoms in total. The number of anilines is 1. The Bertz CT molecular complexity index is 1070. The number of aryl methyl sites for hydroxylation is 1. The zero-order chi connectivity index (χ0) is 20.6. The van der Waals surface area contributed by atoms with Crippen molar-refractivity contribution < 1.29 is 9.53 Å². The summed E-state index contributed by atoms with van der Waals surface area (Å²) in [5, 5.41) is 12.9. The largest absolute Gasteiger partial charge is 0.484 e. The number of nitriles is 1. The van der Waals surface area contributed by atoms with Gasteiger partial charge in [0.15, 0.2) is 6.61 Å². The molecule has 1 amide bonds. The molecule has 1 N–H and O–H groups in total. The van der Waals surface area contributed by atoms with Gasteiger partial charge in [-0.2, -0.15) is 5.26 Å². The van der Waals surface area contributed by atoms with E-state index in [9.17, 15) is 10.1 Å². The number of benzene rings is 3. The lowest BCUT2D eigenvalue weighted by molar-refractivity contribution is -0.118. The van der Waals surface area contributed by atoms with Gasteiger partial charge in [-0.1, -0.05) is 48.0 Å². The number of amides is 1. The Kier molecular flexibility index (Phi) is 6.67. The molecular weight excluding hydrogens is 384 g/mol. The predicted molar refractivity (Wildman–Crippen MR) is 117 cm³/mol. The molecule has 0 unspecified atom stereocenters. The number of ether oxygens (including phenoxy) is 1. The summed E-state index contributed by atoms with van der Waals surface area (Å²) in [6.45, 7) is 1.88. The van der Waals surface area contributed by atoms with Gasteiger partial charge in [-0.15, -0.1) is 0 Å². The Balaban J connectivity index is 1.60. The molecule has 3 rings (SSSR count). The van der Waals surface area contributed by atoms with Crippen LogP contribution in [0.25, 0.3) is 11.6 Å². The highest BCUT2D eigenvalue weighted by atomic mass is 35.5. The van der Waals surface area contributed by atoms with Gasteiger partial charge in [0.25, 0.3) is 5.91 Å². The van der Waals surface area contributed by atoms with Gasteiger partial charge in [0.1, 0.15) is 5.75 Å². The molecular formula is C24H19ClN2O2. The third-order valence-electron chi connectivity index (χ3n) is 4.14. The minimum absolute atomic E-state index is 0.0860. The Morgan fingerprint density at radius 1 is 1.10 bits per heavy atom. The van der Waals surface area contributed by atoms with Crippen LogP contribution in [0.15, 0.2) is 72.8 Å². The lowest BCUT2D eigenvalue weighted by Crippen LogP contribution is -2.20. The predicted octanol–water partition coefficient (Wildman–Crippen LogP) is 5.73. The van der Waals surface area contributed by atoms with Crippen LogP contribution < -0.4 is 10.1 Å². The number of carbonyl (C=O) groups is 1. The maximum atomic E-state index is 12.0. The summed E-state index contributed by atoms with van der Waals surface area (Å²) in [5.74, 6) is 0.348. The van der Waals surface area contributed by atoms with Crippen LogP contribution in [-0.2, 0) is 4.79 Å². The third-order valence-corrected chi connectivity index (χ3v) is 4.39. The van der Waals surface area contributed by atoms with Crippen molar-refractivity contribution in [2.24, 2.45) is 0 Å². The first-order chi connectivity index (χ1) is 14.0. The van der Waals surface area contributed by atoms with Gasteiger partial charge in [0.05, 0.1) is 11.6 Å². The van der Waals surface area contributed by atoms with E-state index in [2.05, 4.69) is 11.4 Å². The molecule has 0 aromatic heterocycles. The average Bonchev–Trinajstić information content (AvgIpc) is 2.72. The minimum atomic E-state index is -0.228. The number of nitrogens with zero attached hydrogens (tertiary/aromatic N) is 1. The van der Waals surface area contributed by atoms with E-state index < -0.39 is 0 Å². The number of hydrogen-bond donors (Lipinski definition) is 1. The minimum Gasteiger partial charge on any atom is -0.484 e. The summed E-state index contributed by atoms with van der Waals surface area (Å²) in [4.78, 5) is 12.0. The molecule has 3 aromatic rings. The second kappa shape index (κ2) is 9.59. The summed E-state index contributed by atoms with van der Waals surface area (Å²) in [5.41, 5.74) is 4.00. The maximum absolute atomic E-state index is 12.0. The van der Waals surface area contributed by atoms with Crippen molar-refractivity contribution in [2.75, 3.05) is 11.9 Å². The van der Waals surface area contributed by atoms with E-state index >= 15 is 0 Å². The van der Waals surface area contributed by atoms with Gasteiger partial charge in [-0.25, -0.2) is 0 Å². The number of rotatable bonds is 6. The molecule has 144 valence electrons. The summed E-state index contributed by atoms with van der Waals surface area (Å²) in [6, 6.07) is 24.1. The van der Waals surface area contributed by atoms with E-state index in [1.165, 1.54) is 0 Å². The van der Waals surface area contributed by atoms with E-state index in [-0.39, 0.29) is 12.5 Å². The molecule has 5 heteroatoms. The van der Waals surface area contributed by atoms with Crippen molar-refractivity contribution in [1.29, 1.82) is 5.26 Å². The van der Waals surface area contributed by atoms with Crippen LogP contribution in [0.4, 0.5) is 5.69 Å². The number of halogens is 1. The van der Waals surface area contributed by atoms with Crippen LogP contribution in [0.2, 0.25) is 5.02 Å². The quantitative estimate of drug-likeness (QED) is 0.423. The van der Waals surface area contributed by atoms with Gasteiger partial charge in [-0.05, 0) is 66.1 Å². The summed E-state index contributed by atoms with van der Waals surface area (Å²) in [7, 11) is 0. The zero-order valence-electron chi connectivity index (χ0n) is 15.9. The van der Waals surface area contributed by atoms with E-state index in [4.69, 9.17) is 16.3 Å². The number of hydrogen-bond acceptors (Lipinski definition) is 3. The Morgan fingerprint density at radius 2 is 1.83 bits per heavy atom. The third kappa shape index (κ3) is 5.97. The molecule has 0 aliphatic heterocycles. The first-order valence-corrected chi connectivity index (χ1v) is 9.38. The molecule has 29 heavy (non-hydrogen) atoms. The van der Waals surface area contributed by atoms with Crippen molar-refractivity contribution in [1.82, 2.24) is 0 Å². The highest BCUT2D eigenvalue weighted by Crippen LogP contribution is 2.21. The smallest absolute Gasteiger partial charge is 0.262 e. The molecule has 0 saturated heterocycles. The topological polar surface area (TPSA) is 62.1 Å². The van der Waals surface area contributed by atoms with E-state index in [1.807, 2.05) is 55.5 Å². The Hall–Kier alpha value is -3.55. The first kappa shape index (κ1) is 20.2. The van der Waals surface area contributed by atoms with Crippen LogP contribution in [0.1, 0.15) is 16.7 Å². The average molecular weight is 403 g/mol. The maximum Gasteiger partial charge on any atom is 0.262 e. The van der Waals surface area contributed by atoms with Crippen LogP contribution in [0.5, 0.6) is 5.75 Å². The Labute approximate surface area is 175 Å². The molecule has 0 radical (unpaired) electrons. The van der Waals surface area contributed by atoms with Crippen LogP contribution in [0.3, 0.4) is 0 Å². The van der Waals surface area contributed by atoms with Gasteiger partial charge in [0.2, 0.25) is 0 Å². The first-order valence-electron chi connectivity index (χ1n) is 9.00. The molecule has 0 aliphatic rings. The Morgan fingerprint density at radius 3 is 2.48 bits per heavy atom. The summed E-state index contributed by atoms with van der Waals surface area (Å²) in [6.07, 6.45) is 1.79. The van der Waals surface area contributed by atoms with Crippen molar-refractivity contribution >= 4 is 34.8 Å². The highest BCUT2D eigenvalue weighted by molar-refractivity contribution is 6.30. The fourth-order valence-electron chi connectivity index (χ4n) is 2.71. The van der Waals surface area contributed by atoms with Gasteiger partial charge < -0.3 is 10.1 Å². The number of allylic oxidation sites excluding steroid dienone is 1. The molecule has 3 aromatic carbocycles. The number of carbonyl (C=O) groups excluding carboxylic acids is 1. The van der Waals surface area contributed by atoms with Crippen LogP contribution >= 0.6 is 11.6 Å². The van der Waals surface area contributed by atoms with E-state index in [0.29, 0.717) is 16.3 Å². The fraction of sp³-hybridized carbons (Fsp3) is 0.0833. The summed E-state index contributed by atoms with van der Waals surface area (Å²) < 4.78 is 5.54. The lowest BCUT2D eigenvalue weighted by Gasteiger charge is -2.08. The fourth-order valence-corrected chi connectivity index (χ4v) is 2.83. The van der Waals surface area contributed by atoms with Crippen molar-refractivity contribution in [3.05, 3.63) is 94.5 Å². The summed E-state index contributed by atoms with van der Waals surface area (Å²) >= 11 is 5.90. The number of nitrogens with one attached hydrogen (secondary N) is 1. The lowest BCUT2D eigenvalue weighted by atomic mass is 10.0. The monoisotopic (exact) mass is 402 g/mol. The van der Waals surface area contributed by atoms with Crippen LogP contribution in [-0.4, -0.2) is 12.5 Å². The van der Waals surface area contributed by atoms with E-state index in [0.717, 1.165) is 22.4 Å². The molecule has 0 heterocycles. The molecule has 0 fully saturated rings. The van der Waals surface area contributed by atoms with Crippen LogP contribution in [0, 0.1) is 18.3 Å². The molecule has 0 spiro atoms. The van der Waals surface area contributed by atoms with Crippen molar-refractivity contribution in [3.8, 4) is 11.8 Å². The zero-order valence-corrected chi connectivity index (χ0v) is 16.6. The van der Waals surface area contributed by atoms with E-state index in [1.54, 1.807) is 30.3 Å². The molecule has 0 saturated carbocycles. The highest BCUT2D eigenvalue weighted by Gasteiger charge is 2.05. The molecule has 0 aliphatic carbocycles. The normalized spacial score (nSPS) is 10.9. The van der Waals surface area contributed by atoms with Gasteiger partial charge in [0, 0.05) is 10.7 Å². The second-order valence-electron chi connectivity index (χ2n) is 6.45. The molecule has 0 bridgehead atoms. The van der Waals surface area contributed by atoms with Crippen molar-refractivity contribution in [3.63, 3.8) is 0 Å². The SMILES string of the molecule is Cc1cccc(NC(=O)COc2ccc(/C=C(\C#N)c3ccc(Cl)cc3)cc2)c1. The van der Waals surface area contributed by atoms with Crippen molar-refractivity contribution in [2.45, 2.75) is 6.92 Å². The van der Waals surface area contributed by atoms with Gasteiger partial charge >= 0.3 is 0 Å². The molecule has 0 atom stereocenters. The standard InChI is InChI=1S/C24H19ClN2O2/c1-17-3-2-4-22(13-17)27-24(28)16-29-23-11-5-18(6-12-23)14-20(15-26)19-7-9-21(25)10-8-19/h2-14H,16H2,1H3,(H,27,28)/b20-14+.